The van der Waals surface area contributed by atoms with E-state index in [4.69, 9.17) is 30.5 Å². The molecule has 0 saturated heterocycles. The van der Waals surface area contributed by atoms with E-state index in [1.807, 2.05) is 18.2 Å². The molecule has 0 bridgehead atoms. The van der Waals surface area contributed by atoms with Crippen LogP contribution in [0.15, 0.2) is 42.5 Å². The van der Waals surface area contributed by atoms with E-state index in [2.05, 4.69) is 13.8 Å². The van der Waals surface area contributed by atoms with Gasteiger partial charge < -0.3 is 18.9 Å². The summed E-state index contributed by atoms with van der Waals surface area (Å²) in [6, 6.07) is 12.4. The van der Waals surface area contributed by atoms with Crippen molar-refractivity contribution in [3.8, 4) is 11.5 Å². The molecular formula is C30H37ClO6. The van der Waals surface area contributed by atoms with Gasteiger partial charge in [0.15, 0.2) is 5.75 Å². The number of unbranched alkanes of at least 4 members (excludes halogenated alkanes) is 8. The lowest BCUT2D eigenvalue weighted by molar-refractivity contribution is 0.0965. The molecule has 0 aliphatic rings. The zero-order valence-corrected chi connectivity index (χ0v) is 22.6. The number of hydrogen-bond donors (Lipinski definition) is 0. The monoisotopic (exact) mass is 528 g/mol. The largest absolute Gasteiger partial charge is 0.513 e. The van der Waals surface area contributed by atoms with Gasteiger partial charge in [0.05, 0.1) is 13.2 Å². The maximum atomic E-state index is 12.6. The van der Waals surface area contributed by atoms with Crippen LogP contribution in [-0.2, 0) is 9.47 Å². The van der Waals surface area contributed by atoms with Crippen LogP contribution in [0.25, 0.3) is 21.5 Å². The molecule has 0 aliphatic heterocycles. The lowest BCUT2D eigenvalue weighted by Gasteiger charge is -2.16. The maximum Gasteiger partial charge on any atom is 0.513 e. The molecule has 6 nitrogen and oxygen atoms in total. The van der Waals surface area contributed by atoms with E-state index in [9.17, 15) is 9.59 Å². The van der Waals surface area contributed by atoms with Crippen LogP contribution >= 0.6 is 11.6 Å². The molecule has 3 rings (SSSR count). The molecule has 0 fully saturated rings. The van der Waals surface area contributed by atoms with Crippen molar-refractivity contribution in [2.75, 3.05) is 13.2 Å². The van der Waals surface area contributed by atoms with E-state index in [-0.39, 0.29) is 0 Å². The van der Waals surface area contributed by atoms with Crippen LogP contribution in [0.5, 0.6) is 11.5 Å². The van der Waals surface area contributed by atoms with Crippen molar-refractivity contribution in [3.63, 3.8) is 0 Å². The smallest absolute Gasteiger partial charge is 0.434 e. The first kappa shape index (κ1) is 28.6. The second-order valence-corrected chi connectivity index (χ2v) is 9.56. The minimum atomic E-state index is -0.780. The molecule has 0 radical (unpaired) electrons. The number of halogens is 1. The van der Waals surface area contributed by atoms with Gasteiger partial charge in [0.25, 0.3) is 0 Å². The average Bonchev–Trinajstić information content (AvgIpc) is 2.90. The van der Waals surface area contributed by atoms with Crippen LogP contribution in [0, 0.1) is 0 Å². The van der Waals surface area contributed by atoms with Gasteiger partial charge in [-0.25, -0.2) is 9.59 Å². The SMILES string of the molecule is CCCCCCCOC(=O)Oc1c2ccccc2c(OC(=O)OCCCCCCC)c2cc(Cl)ccc12. The molecule has 7 heteroatoms. The molecule has 3 aromatic carbocycles. The van der Waals surface area contributed by atoms with Crippen LogP contribution in [0.1, 0.15) is 78.1 Å². The molecule has 0 saturated carbocycles. The van der Waals surface area contributed by atoms with Gasteiger partial charge in [-0.2, -0.15) is 0 Å². The summed E-state index contributed by atoms with van der Waals surface area (Å²) in [6.45, 7) is 4.91. The van der Waals surface area contributed by atoms with Gasteiger partial charge in [0, 0.05) is 26.6 Å². The predicted molar refractivity (Wildman–Crippen MR) is 148 cm³/mol. The first-order valence-electron chi connectivity index (χ1n) is 13.4. The van der Waals surface area contributed by atoms with Crippen LogP contribution in [0.2, 0.25) is 5.02 Å². The Labute approximate surface area is 224 Å². The zero-order chi connectivity index (χ0) is 26.5. The van der Waals surface area contributed by atoms with Gasteiger partial charge in [-0.15, -0.1) is 0 Å². The highest BCUT2D eigenvalue weighted by Crippen LogP contribution is 2.44. The average molecular weight is 529 g/mol. The van der Waals surface area contributed by atoms with Gasteiger partial charge in [-0.1, -0.05) is 101 Å². The molecule has 0 unspecified atom stereocenters. The molecule has 0 N–H and O–H groups in total. The van der Waals surface area contributed by atoms with Gasteiger partial charge >= 0.3 is 12.3 Å². The highest BCUT2D eigenvalue weighted by molar-refractivity contribution is 6.31. The third-order valence-electron chi connectivity index (χ3n) is 6.19. The first-order chi connectivity index (χ1) is 18.0. The molecule has 0 amide bonds. The number of rotatable bonds is 14. The summed E-state index contributed by atoms with van der Waals surface area (Å²) in [7, 11) is 0. The van der Waals surface area contributed by atoms with Gasteiger partial charge in [-0.05, 0) is 31.0 Å². The van der Waals surface area contributed by atoms with Crippen LogP contribution in [0.4, 0.5) is 9.59 Å². The fourth-order valence-corrected chi connectivity index (χ4v) is 4.41. The summed E-state index contributed by atoms with van der Waals surface area (Å²) in [6.07, 6.45) is 8.93. The number of benzene rings is 3. The molecule has 37 heavy (non-hydrogen) atoms. The number of fused-ring (bicyclic) bond motifs is 2. The molecule has 0 spiro atoms. The second-order valence-electron chi connectivity index (χ2n) is 9.12. The summed E-state index contributed by atoms with van der Waals surface area (Å²) in [4.78, 5) is 25.1. The minimum Gasteiger partial charge on any atom is -0.434 e. The Bertz CT molecular complexity index is 1180. The van der Waals surface area contributed by atoms with Gasteiger partial charge in [0.2, 0.25) is 0 Å². The van der Waals surface area contributed by atoms with Crippen LogP contribution < -0.4 is 9.47 Å². The third kappa shape index (κ3) is 8.53. The maximum absolute atomic E-state index is 12.6. The normalized spacial score (nSPS) is 11.0. The van der Waals surface area contributed by atoms with Crippen molar-refractivity contribution in [2.45, 2.75) is 78.1 Å². The fraction of sp³-hybridized carbons (Fsp3) is 0.467. The fourth-order valence-electron chi connectivity index (χ4n) is 4.24. The van der Waals surface area contributed by atoms with E-state index < -0.39 is 12.3 Å². The number of hydrogen-bond acceptors (Lipinski definition) is 6. The minimum absolute atomic E-state index is 0.296. The summed E-state index contributed by atoms with van der Waals surface area (Å²) < 4.78 is 22.1. The summed E-state index contributed by atoms with van der Waals surface area (Å²) in [5, 5.41) is 2.77. The quantitative estimate of drug-likeness (QED) is 0.0897. The molecule has 200 valence electrons. The van der Waals surface area contributed by atoms with Gasteiger partial charge in [0.1, 0.15) is 5.75 Å². The number of carbonyl (C=O) groups excluding carboxylic acids is 2. The summed E-state index contributed by atoms with van der Waals surface area (Å²) in [5.74, 6) is 0.635. The van der Waals surface area contributed by atoms with E-state index >= 15 is 0 Å². The van der Waals surface area contributed by atoms with Gasteiger partial charge in [-0.3, -0.25) is 0 Å². The first-order valence-corrected chi connectivity index (χ1v) is 13.8. The Hall–Kier alpha value is -2.99. The zero-order valence-electron chi connectivity index (χ0n) is 21.9. The summed E-state index contributed by atoms with van der Waals surface area (Å²) in [5.41, 5.74) is 0. The van der Waals surface area contributed by atoms with Crippen molar-refractivity contribution in [2.24, 2.45) is 0 Å². The van der Waals surface area contributed by atoms with E-state index in [0.29, 0.717) is 51.3 Å². The van der Waals surface area contributed by atoms with Crippen molar-refractivity contribution in [3.05, 3.63) is 47.5 Å². The van der Waals surface area contributed by atoms with Crippen LogP contribution in [-0.4, -0.2) is 25.5 Å². The molecule has 0 heterocycles. The lowest BCUT2D eigenvalue weighted by Crippen LogP contribution is -2.14. The highest BCUT2D eigenvalue weighted by atomic mass is 35.5. The van der Waals surface area contributed by atoms with E-state index in [1.54, 1.807) is 24.3 Å². The van der Waals surface area contributed by atoms with E-state index in [1.165, 1.54) is 12.8 Å². The summed E-state index contributed by atoms with van der Waals surface area (Å²) >= 11 is 6.30. The predicted octanol–water partition coefficient (Wildman–Crippen LogP) is 9.62. The Balaban J connectivity index is 1.80. The molecule has 0 aromatic heterocycles. The highest BCUT2D eigenvalue weighted by Gasteiger charge is 2.21. The Morgan fingerprint density at radius 2 is 1.08 bits per heavy atom. The second kappa shape index (κ2) is 15.3. The standard InChI is InChI=1S/C30H37ClO6/c1-3-5-7-9-13-19-34-29(32)36-27-23-15-11-12-16-24(23)28(26-21-22(31)17-18-25(26)27)37-30(33)35-20-14-10-8-6-4-2/h11-12,15-18,21H,3-10,13-14,19-20H2,1-2H3. The van der Waals surface area contributed by atoms with E-state index in [0.717, 1.165) is 51.4 Å². The Morgan fingerprint density at radius 1 is 0.622 bits per heavy atom. The van der Waals surface area contributed by atoms with Crippen molar-refractivity contribution >= 4 is 45.5 Å². The molecular weight excluding hydrogens is 492 g/mol. The van der Waals surface area contributed by atoms with Crippen LogP contribution in [0.3, 0.4) is 0 Å². The Morgan fingerprint density at radius 3 is 1.59 bits per heavy atom. The van der Waals surface area contributed by atoms with Crippen molar-refractivity contribution < 1.29 is 28.5 Å². The third-order valence-corrected chi connectivity index (χ3v) is 6.43. The topological polar surface area (TPSA) is 71.1 Å². The molecule has 3 aromatic rings. The Kier molecular flexibility index (Phi) is 11.8. The van der Waals surface area contributed by atoms with Crippen molar-refractivity contribution in [1.29, 1.82) is 0 Å². The van der Waals surface area contributed by atoms with Crippen molar-refractivity contribution in [1.82, 2.24) is 0 Å². The number of ether oxygens (including phenoxy) is 4. The molecule has 0 aliphatic carbocycles. The number of carbonyl (C=O) groups is 2. The molecule has 0 atom stereocenters. The lowest BCUT2D eigenvalue weighted by atomic mass is 10.0.